The number of benzene rings is 2. The summed E-state index contributed by atoms with van der Waals surface area (Å²) in [7, 11) is 1.62. The number of ether oxygens (including phenoxy) is 4. The summed E-state index contributed by atoms with van der Waals surface area (Å²) in [6.07, 6.45) is 0. The van der Waals surface area contributed by atoms with Crippen molar-refractivity contribution in [1.29, 1.82) is 0 Å². The van der Waals surface area contributed by atoms with Crippen molar-refractivity contribution in [1.82, 2.24) is 15.5 Å². The van der Waals surface area contributed by atoms with E-state index in [0.717, 1.165) is 17.0 Å². The molecular weight excluding hydrogens is 410 g/mol. The van der Waals surface area contributed by atoms with Crippen LogP contribution in [0.25, 0.3) is 11.3 Å². The van der Waals surface area contributed by atoms with Crippen LogP contribution >= 0.6 is 0 Å². The lowest BCUT2D eigenvalue weighted by Gasteiger charge is -2.12. The highest BCUT2D eigenvalue weighted by atomic mass is 16.5. The zero-order valence-electron chi connectivity index (χ0n) is 18.5. The van der Waals surface area contributed by atoms with Gasteiger partial charge >= 0.3 is 0 Å². The fraction of sp³-hybridized carbons (Fsp3) is 0.292. The van der Waals surface area contributed by atoms with Gasteiger partial charge < -0.3 is 24.3 Å². The van der Waals surface area contributed by atoms with Gasteiger partial charge in [-0.3, -0.25) is 4.79 Å². The molecule has 0 saturated carbocycles. The van der Waals surface area contributed by atoms with E-state index in [0.29, 0.717) is 42.7 Å². The SMILES string of the molecule is CCOc1ccc(C(=O)NCCOc2ccc(-c3ccc(OC)cc3)nn2)cc1OCC. The molecule has 168 valence electrons. The minimum Gasteiger partial charge on any atom is -0.497 e. The highest BCUT2D eigenvalue weighted by Crippen LogP contribution is 2.28. The smallest absolute Gasteiger partial charge is 0.251 e. The molecule has 3 aromatic rings. The Bertz CT molecular complexity index is 1010. The molecule has 0 aliphatic carbocycles. The zero-order chi connectivity index (χ0) is 22.8. The normalized spacial score (nSPS) is 10.3. The molecule has 0 spiro atoms. The van der Waals surface area contributed by atoms with Crippen molar-refractivity contribution >= 4 is 5.91 Å². The van der Waals surface area contributed by atoms with Crippen LogP contribution in [0.15, 0.2) is 54.6 Å². The van der Waals surface area contributed by atoms with Gasteiger partial charge in [0.05, 0.1) is 32.6 Å². The summed E-state index contributed by atoms with van der Waals surface area (Å²) in [5, 5.41) is 11.1. The quantitative estimate of drug-likeness (QED) is 0.457. The predicted octanol–water partition coefficient (Wildman–Crippen LogP) is 3.76. The van der Waals surface area contributed by atoms with Crippen LogP contribution in [0.3, 0.4) is 0 Å². The molecule has 0 unspecified atom stereocenters. The molecule has 1 heterocycles. The average molecular weight is 437 g/mol. The van der Waals surface area contributed by atoms with Crippen molar-refractivity contribution in [2.24, 2.45) is 0 Å². The van der Waals surface area contributed by atoms with Crippen molar-refractivity contribution in [3.05, 3.63) is 60.2 Å². The Balaban J connectivity index is 1.49. The first kappa shape index (κ1) is 22.9. The van der Waals surface area contributed by atoms with Gasteiger partial charge in [0.25, 0.3) is 5.91 Å². The molecule has 0 radical (unpaired) electrons. The monoisotopic (exact) mass is 437 g/mol. The van der Waals surface area contributed by atoms with Crippen LogP contribution in [0.2, 0.25) is 0 Å². The molecule has 1 amide bonds. The predicted molar refractivity (Wildman–Crippen MR) is 121 cm³/mol. The molecule has 0 atom stereocenters. The summed E-state index contributed by atoms with van der Waals surface area (Å²) in [4.78, 5) is 12.4. The van der Waals surface area contributed by atoms with E-state index in [4.69, 9.17) is 18.9 Å². The second-order valence-corrected chi connectivity index (χ2v) is 6.62. The first-order chi connectivity index (χ1) is 15.6. The van der Waals surface area contributed by atoms with Gasteiger partial charge in [0.2, 0.25) is 5.88 Å². The van der Waals surface area contributed by atoms with Gasteiger partial charge in [-0.1, -0.05) is 0 Å². The second kappa shape index (κ2) is 11.5. The van der Waals surface area contributed by atoms with Crippen LogP contribution in [0.1, 0.15) is 24.2 Å². The van der Waals surface area contributed by atoms with Crippen LogP contribution < -0.4 is 24.3 Å². The highest BCUT2D eigenvalue weighted by Gasteiger charge is 2.11. The fourth-order valence-electron chi connectivity index (χ4n) is 2.93. The van der Waals surface area contributed by atoms with Crippen LogP contribution in [0, 0.1) is 0 Å². The summed E-state index contributed by atoms with van der Waals surface area (Å²) >= 11 is 0. The molecule has 0 aliphatic rings. The first-order valence-electron chi connectivity index (χ1n) is 10.4. The summed E-state index contributed by atoms with van der Waals surface area (Å²) in [6, 6.07) is 16.2. The lowest BCUT2D eigenvalue weighted by atomic mass is 10.1. The van der Waals surface area contributed by atoms with Gasteiger partial charge in [-0.05, 0) is 62.4 Å². The second-order valence-electron chi connectivity index (χ2n) is 6.62. The molecule has 0 saturated heterocycles. The van der Waals surface area contributed by atoms with Gasteiger partial charge in [0, 0.05) is 17.2 Å². The minimum absolute atomic E-state index is 0.224. The van der Waals surface area contributed by atoms with E-state index < -0.39 is 0 Å². The third-order valence-electron chi connectivity index (χ3n) is 4.47. The lowest BCUT2D eigenvalue weighted by Crippen LogP contribution is -2.28. The zero-order valence-corrected chi connectivity index (χ0v) is 18.5. The summed E-state index contributed by atoms with van der Waals surface area (Å²) in [5.41, 5.74) is 2.15. The molecule has 8 nitrogen and oxygen atoms in total. The van der Waals surface area contributed by atoms with Crippen molar-refractivity contribution in [2.75, 3.05) is 33.5 Å². The van der Waals surface area contributed by atoms with Crippen molar-refractivity contribution in [3.8, 4) is 34.4 Å². The Kier molecular flexibility index (Phi) is 8.25. The molecular formula is C24H27N3O5. The number of nitrogens with zero attached hydrogens (tertiary/aromatic N) is 2. The lowest BCUT2D eigenvalue weighted by molar-refractivity contribution is 0.0946. The van der Waals surface area contributed by atoms with Crippen LogP contribution in [-0.4, -0.2) is 49.6 Å². The number of methoxy groups -OCH3 is 1. The topological polar surface area (TPSA) is 91.8 Å². The maximum Gasteiger partial charge on any atom is 0.251 e. The van der Waals surface area contributed by atoms with E-state index in [-0.39, 0.29) is 12.5 Å². The molecule has 0 aliphatic heterocycles. The summed E-state index contributed by atoms with van der Waals surface area (Å²) < 4.78 is 21.8. The van der Waals surface area contributed by atoms with Crippen LogP contribution in [-0.2, 0) is 0 Å². The molecule has 3 rings (SSSR count). The Labute approximate surface area is 187 Å². The number of hydrogen-bond donors (Lipinski definition) is 1. The third kappa shape index (κ3) is 6.10. The maximum atomic E-state index is 12.4. The molecule has 1 N–H and O–H groups in total. The Morgan fingerprint density at radius 1 is 0.875 bits per heavy atom. The Hall–Kier alpha value is -3.81. The minimum atomic E-state index is -0.224. The van der Waals surface area contributed by atoms with E-state index >= 15 is 0 Å². The van der Waals surface area contributed by atoms with Crippen molar-refractivity contribution in [3.63, 3.8) is 0 Å². The molecule has 1 aromatic heterocycles. The number of aromatic nitrogens is 2. The number of nitrogens with one attached hydrogen (secondary N) is 1. The highest BCUT2D eigenvalue weighted by molar-refractivity contribution is 5.94. The maximum absolute atomic E-state index is 12.4. The average Bonchev–Trinajstić information content (AvgIpc) is 2.83. The van der Waals surface area contributed by atoms with Gasteiger partial charge in [0.15, 0.2) is 11.5 Å². The Morgan fingerprint density at radius 2 is 1.62 bits per heavy atom. The van der Waals surface area contributed by atoms with Gasteiger partial charge in [-0.25, -0.2) is 0 Å². The fourth-order valence-corrected chi connectivity index (χ4v) is 2.93. The molecule has 0 fully saturated rings. The number of amides is 1. The van der Waals surface area contributed by atoms with E-state index in [9.17, 15) is 4.79 Å². The van der Waals surface area contributed by atoms with Crippen molar-refractivity contribution < 1.29 is 23.7 Å². The number of hydrogen-bond acceptors (Lipinski definition) is 7. The number of carbonyl (C=O) groups is 1. The van der Waals surface area contributed by atoms with Crippen molar-refractivity contribution in [2.45, 2.75) is 13.8 Å². The summed E-state index contributed by atoms with van der Waals surface area (Å²) in [5.74, 6) is 2.11. The van der Waals surface area contributed by atoms with Gasteiger partial charge in [0.1, 0.15) is 12.4 Å². The number of carbonyl (C=O) groups excluding carboxylic acids is 1. The standard InChI is InChI=1S/C24H27N3O5/c1-4-30-21-12-8-18(16-22(21)31-5-2)24(28)25-14-15-32-23-13-11-20(26-27-23)17-6-9-19(29-3)10-7-17/h6-13,16H,4-5,14-15H2,1-3H3,(H,25,28). The van der Waals surface area contributed by atoms with Gasteiger partial charge in [-0.15, -0.1) is 10.2 Å². The van der Waals surface area contributed by atoms with E-state index in [2.05, 4.69) is 15.5 Å². The molecule has 8 heteroatoms. The summed E-state index contributed by atoms with van der Waals surface area (Å²) in [6.45, 7) is 5.36. The van der Waals surface area contributed by atoms with Crippen LogP contribution in [0.5, 0.6) is 23.1 Å². The molecule has 32 heavy (non-hydrogen) atoms. The Morgan fingerprint density at radius 3 is 2.28 bits per heavy atom. The third-order valence-corrected chi connectivity index (χ3v) is 4.47. The van der Waals surface area contributed by atoms with E-state index in [1.54, 1.807) is 31.4 Å². The van der Waals surface area contributed by atoms with E-state index in [1.165, 1.54) is 0 Å². The number of rotatable bonds is 11. The largest absolute Gasteiger partial charge is 0.497 e. The van der Waals surface area contributed by atoms with Crippen LogP contribution in [0.4, 0.5) is 0 Å². The molecule has 2 aromatic carbocycles. The first-order valence-corrected chi connectivity index (χ1v) is 10.4. The molecule has 0 bridgehead atoms. The van der Waals surface area contributed by atoms with Gasteiger partial charge in [-0.2, -0.15) is 0 Å². The van der Waals surface area contributed by atoms with E-state index in [1.807, 2.05) is 44.2 Å².